The van der Waals surface area contributed by atoms with E-state index in [1.807, 2.05) is 0 Å². The second kappa shape index (κ2) is 6.34. The minimum Gasteiger partial charge on any atom is -0.323 e. The van der Waals surface area contributed by atoms with Gasteiger partial charge in [0.15, 0.2) is 9.84 Å². The standard InChI is InChI=1S/C14H19ClN2O3S/c1-9-5-6-16-13(7-9)14(18)17-12-8-10(21(2,19)20)3-4-11(12)15/h3-4,8-9,13,16H,5-7H2,1-2H3,(H,17,18). The van der Waals surface area contributed by atoms with Crippen molar-refractivity contribution >= 4 is 33.0 Å². The van der Waals surface area contributed by atoms with Crippen LogP contribution in [-0.4, -0.2) is 33.2 Å². The number of amides is 1. The van der Waals surface area contributed by atoms with Crippen molar-refractivity contribution in [3.05, 3.63) is 23.2 Å². The van der Waals surface area contributed by atoms with Crippen LogP contribution in [0.4, 0.5) is 5.69 Å². The molecule has 1 fully saturated rings. The Morgan fingerprint density at radius 2 is 2.14 bits per heavy atom. The van der Waals surface area contributed by atoms with Gasteiger partial charge in [0.25, 0.3) is 0 Å². The summed E-state index contributed by atoms with van der Waals surface area (Å²) in [5.41, 5.74) is 0.324. The molecule has 1 aliphatic heterocycles. The van der Waals surface area contributed by atoms with Crippen molar-refractivity contribution in [2.75, 3.05) is 18.1 Å². The Hall–Kier alpha value is -1.11. The van der Waals surface area contributed by atoms with E-state index < -0.39 is 9.84 Å². The van der Waals surface area contributed by atoms with E-state index in [9.17, 15) is 13.2 Å². The van der Waals surface area contributed by atoms with E-state index in [1.54, 1.807) is 0 Å². The van der Waals surface area contributed by atoms with Crippen LogP contribution in [0.3, 0.4) is 0 Å². The lowest BCUT2D eigenvalue weighted by atomic mass is 9.94. The highest BCUT2D eigenvalue weighted by molar-refractivity contribution is 7.90. The third-order valence-electron chi connectivity index (χ3n) is 3.61. The molecule has 0 aromatic heterocycles. The molecule has 0 bridgehead atoms. The van der Waals surface area contributed by atoms with Gasteiger partial charge in [0.2, 0.25) is 5.91 Å². The molecular weight excluding hydrogens is 312 g/mol. The number of carbonyl (C=O) groups is 1. The summed E-state index contributed by atoms with van der Waals surface area (Å²) in [7, 11) is -3.34. The molecule has 1 aromatic carbocycles. The summed E-state index contributed by atoms with van der Waals surface area (Å²) in [4.78, 5) is 12.4. The average Bonchev–Trinajstić information content (AvgIpc) is 2.40. The largest absolute Gasteiger partial charge is 0.323 e. The predicted molar refractivity (Wildman–Crippen MR) is 83.4 cm³/mol. The fourth-order valence-electron chi connectivity index (χ4n) is 2.36. The first-order valence-electron chi connectivity index (χ1n) is 6.81. The van der Waals surface area contributed by atoms with Crippen molar-refractivity contribution in [3.8, 4) is 0 Å². The van der Waals surface area contributed by atoms with Crippen molar-refractivity contribution in [2.45, 2.75) is 30.7 Å². The molecule has 0 aliphatic carbocycles. The summed E-state index contributed by atoms with van der Waals surface area (Å²) in [5.74, 6) is 0.300. The van der Waals surface area contributed by atoms with Gasteiger partial charge >= 0.3 is 0 Å². The number of halogens is 1. The van der Waals surface area contributed by atoms with Crippen molar-refractivity contribution < 1.29 is 13.2 Å². The number of hydrogen-bond donors (Lipinski definition) is 2. The van der Waals surface area contributed by atoms with Crippen LogP contribution in [0.1, 0.15) is 19.8 Å². The van der Waals surface area contributed by atoms with Gasteiger partial charge in [-0.25, -0.2) is 8.42 Å². The molecule has 1 aliphatic rings. The molecular formula is C14H19ClN2O3S. The molecule has 0 spiro atoms. The zero-order chi connectivity index (χ0) is 15.6. The molecule has 2 rings (SSSR count). The van der Waals surface area contributed by atoms with Gasteiger partial charge in [0.05, 0.1) is 21.6 Å². The smallest absolute Gasteiger partial charge is 0.241 e. The zero-order valence-corrected chi connectivity index (χ0v) is 13.6. The fourth-order valence-corrected chi connectivity index (χ4v) is 3.17. The SMILES string of the molecule is CC1CCNC(C(=O)Nc2cc(S(C)(=O)=O)ccc2Cl)C1. The molecule has 1 saturated heterocycles. The van der Waals surface area contributed by atoms with Gasteiger partial charge < -0.3 is 10.6 Å². The van der Waals surface area contributed by atoms with E-state index in [-0.39, 0.29) is 16.8 Å². The first-order valence-corrected chi connectivity index (χ1v) is 9.08. The number of hydrogen-bond acceptors (Lipinski definition) is 4. The third kappa shape index (κ3) is 4.18. The fraction of sp³-hybridized carbons (Fsp3) is 0.500. The molecule has 5 nitrogen and oxygen atoms in total. The van der Waals surface area contributed by atoms with E-state index in [0.29, 0.717) is 16.6 Å². The van der Waals surface area contributed by atoms with Gasteiger partial charge in [-0.15, -0.1) is 0 Å². The van der Waals surface area contributed by atoms with E-state index >= 15 is 0 Å². The molecule has 1 amide bonds. The normalized spacial score (nSPS) is 22.8. The maximum absolute atomic E-state index is 12.2. The molecule has 2 N–H and O–H groups in total. The van der Waals surface area contributed by atoms with Crippen LogP contribution in [0.5, 0.6) is 0 Å². The molecule has 7 heteroatoms. The lowest BCUT2D eigenvalue weighted by molar-refractivity contribution is -0.119. The predicted octanol–water partition coefficient (Wildman–Crippen LogP) is 2.07. The molecule has 21 heavy (non-hydrogen) atoms. The van der Waals surface area contributed by atoms with Crippen molar-refractivity contribution in [1.82, 2.24) is 5.32 Å². The summed E-state index contributed by atoms with van der Waals surface area (Å²) < 4.78 is 23.1. The van der Waals surface area contributed by atoms with Gasteiger partial charge in [0, 0.05) is 6.26 Å². The molecule has 1 aromatic rings. The highest BCUT2D eigenvalue weighted by Crippen LogP contribution is 2.26. The molecule has 2 atom stereocenters. The maximum Gasteiger partial charge on any atom is 0.241 e. The molecule has 0 saturated carbocycles. The van der Waals surface area contributed by atoms with Crippen molar-refractivity contribution in [3.63, 3.8) is 0 Å². The van der Waals surface area contributed by atoms with Crippen LogP contribution in [0.2, 0.25) is 5.02 Å². The number of anilines is 1. The summed E-state index contributed by atoms with van der Waals surface area (Å²) in [6.07, 6.45) is 2.93. The number of sulfone groups is 1. The Morgan fingerprint density at radius 1 is 1.43 bits per heavy atom. The number of rotatable bonds is 3. The van der Waals surface area contributed by atoms with E-state index in [1.165, 1.54) is 18.2 Å². The van der Waals surface area contributed by atoms with E-state index in [4.69, 9.17) is 11.6 Å². The number of piperidine rings is 1. The monoisotopic (exact) mass is 330 g/mol. The Morgan fingerprint density at radius 3 is 2.76 bits per heavy atom. The first-order chi connectivity index (χ1) is 9.77. The zero-order valence-electron chi connectivity index (χ0n) is 12.0. The lowest BCUT2D eigenvalue weighted by Gasteiger charge is -2.27. The second-order valence-electron chi connectivity index (χ2n) is 5.54. The maximum atomic E-state index is 12.2. The third-order valence-corrected chi connectivity index (χ3v) is 5.05. The Labute approximate surface area is 130 Å². The van der Waals surface area contributed by atoms with Crippen LogP contribution in [0, 0.1) is 5.92 Å². The number of benzene rings is 1. The van der Waals surface area contributed by atoms with Crippen LogP contribution >= 0.6 is 11.6 Å². The second-order valence-corrected chi connectivity index (χ2v) is 7.96. The Kier molecular flexibility index (Phi) is 4.91. The summed E-state index contributed by atoms with van der Waals surface area (Å²) >= 11 is 6.03. The Bertz CT molecular complexity index is 646. The molecule has 0 radical (unpaired) electrons. The Balaban J connectivity index is 2.17. The van der Waals surface area contributed by atoms with Crippen LogP contribution in [0.25, 0.3) is 0 Å². The van der Waals surface area contributed by atoms with Gasteiger partial charge in [-0.3, -0.25) is 4.79 Å². The van der Waals surface area contributed by atoms with E-state index in [0.717, 1.165) is 25.6 Å². The quantitative estimate of drug-likeness (QED) is 0.889. The highest BCUT2D eigenvalue weighted by atomic mass is 35.5. The van der Waals surface area contributed by atoms with Gasteiger partial charge in [-0.05, 0) is 43.5 Å². The van der Waals surface area contributed by atoms with E-state index in [2.05, 4.69) is 17.6 Å². The number of carbonyl (C=O) groups excluding carboxylic acids is 1. The molecule has 1 heterocycles. The first kappa shape index (κ1) is 16.3. The summed E-state index contributed by atoms with van der Waals surface area (Å²) in [5, 5.41) is 6.19. The summed E-state index contributed by atoms with van der Waals surface area (Å²) in [6.45, 7) is 2.91. The van der Waals surface area contributed by atoms with Crippen LogP contribution < -0.4 is 10.6 Å². The van der Waals surface area contributed by atoms with Crippen LogP contribution in [0.15, 0.2) is 23.1 Å². The number of nitrogens with one attached hydrogen (secondary N) is 2. The lowest BCUT2D eigenvalue weighted by Crippen LogP contribution is -2.45. The van der Waals surface area contributed by atoms with Crippen molar-refractivity contribution in [1.29, 1.82) is 0 Å². The van der Waals surface area contributed by atoms with Crippen molar-refractivity contribution in [2.24, 2.45) is 5.92 Å². The summed E-state index contributed by atoms with van der Waals surface area (Å²) in [6, 6.07) is 4.02. The minimum absolute atomic E-state index is 0.132. The topological polar surface area (TPSA) is 75.3 Å². The van der Waals surface area contributed by atoms with Gasteiger partial charge in [-0.1, -0.05) is 18.5 Å². The van der Waals surface area contributed by atoms with Gasteiger partial charge in [-0.2, -0.15) is 0 Å². The van der Waals surface area contributed by atoms with Crippen LogP contribution in [-0.2, 0) is 14.6 Å². The minimum atomic E-state index is -3.34. The molecule has 2 unspecified atom stereocenters. The molecule has 116 valence electrons. The highest BCUT2D eigenvalue weighted by Gasteiger charge is 2.25. The van der Waals surface area contributed by atoms with Gasteiger partial charge in [0.1, 0.15) is 0 Å². The average molecular weight is 331 g/mol.